The molecule has 0 aromatic rings. The van der Waals surface area contributed by atoms with Crippen molar-refractivity contribution in [1.29, 1.82) is 0 Å². The van der Waals surface area contributed by atoms with E-state index in [1.807, 2.05) is 0 Å². The van der Waals surface area contributed by atoms with Crippen LogP contribution in [-0.2, 0) is 0 Å². The van der Waals surface area contributed by atoms with E-state index < -0.39 is 0 Å². The van der Waals surface area contributed by atoms with Crippen molar-refractivity contribution in [2.45, 2.75) is 70.8 Å². The lowest BCUT2D eigenvalue weighted by molar-refractivity contribution is 0.429. The summed E-state index contributed by atoms with van der Waals surface area (Å²) in [5.41, 5.74) is 2.76. The number of hydrogen-bond donors (Lipinski definition) is 0. The van der Waals surface area contributed by atoms with Crippen LogP contribution >= 0.6 is 0 Å². The summed E-state index contributed by atoms with van der Waals surface area (Å²) in [5, 5.41) is 9.02. The predicted molar refractivity (Wildman–Crippen MR) is 62.9 cm³/mol. The molecule has 0 bridgehead atoms. The van der Waals surface area contributed by atoms with E-state index in [0.717, 1.165) is 6.42 Å². The van der Waals surface area contributed by atoms with Gasteiger partial charge in [0.15, 0.2) is 0 Å². The predicted octanol–water partition coefficient (Wildman–Crippen LogP) is 4.62. The zero-order chi connectivity index (χ0) is 10.5. The summed E-state index contributed by atoms with van der Waals surface area (Å²) >= 11 is 0. The molecule has 0 aromatic carbocycles. The summed E-state index contributed by atoms with van der Waals surface area (Å²) in [5.74, 6) is 0. The van der Waals surface area contributed by atoms with Crippen molar-refractivity contribution in [3.63, 3.8) is 0 Å². The highest BCUT2D eigenvalue weighted by Crippen LogP contribution is 2.27. The first-order valence-electron chi connectivity index (χ1n) is 6.46. The maximum Gasteiger partial charge on any atom is 0.0712 e. The van der Waals surface area contributed by atoms with Gasteiger partial charge in [-0.05, 0) is 51.0 Å². The van der Waals surface area contributed by atoms with Gasteiger partial charge in [-0.15, -0.1) is 0 Å². The first kappa shape index (κ1) is 10.8. The fourth-order valence-electron chi connectivity index (χ4n) is 2.52. The van der Waals surface area contributed by atoms with E-state index in [0.29, 0.717) is 6.04 Å². The minimum atomic E-state index is 0.529. The van der Waals surface area contributed by atoms with Crippen LogP contribution in [0.1, 0.15) is 64.7 Å². The van der Waals surface area contributed by atoms with Crippen LogP contribution in [0.15, 0.2) is 21.5 Å². The molecule has 0 radical (unpaired) electrons. The van der Waals surface area contributed by atoms with Crippen LogP contribution in [0.5, 0.6) is 0 Å². The SMILES string of the molecule is CC1=C(N=NC2CCCCC2)CCCC1. The maximum atomic E-state index is 4.52. The molecule has 0 spiro atoms. The minimum absolute atomic E-state index is 0.529. The maximum absolute atomic E-state index is 4.52. The first-order chi connectivity index (χ1) is 7.36. The largest absolute Gasteiger partial charge is 0.186 e. The number of hydrogen-bond acceptors (Lipinski definition) is 2. The van der Waals surface area contributed by atoms with E-state index >= 15 is 0 Å². The summed E-state index contributed by atoms with van der Waals surface area (Å²) in [6.07, 6.45) is 11.6. The average molecular weight is 206 g/mol. The molecule has 0 unspecified atom stereocenters. The summed E-state index contributed by atoms with van der Waals surface area (Å²) in [6, 6.07) is 0.529. The van der Waals surface area contributed by atoms with E-state index in [1.54, 1.807) is 0 Å². The number of nitrogens with zero attached hydrogens (tertiary/aromatic N) is 2. The highest BCUT2D eigenvalue weighted by molar-refractivity contribution is 5.12. The highest BCUT2D eigenvalue weighted by Gasteiger charge is 2.13. The molecule has 2 rings (SSSR count). The van der Waals surface area contributed by atoms with E-state index in [4.69, 9.17) is 0 Å². The monoisotopic (exact) mass is 206 g/mol. The van der Waals surface area contributed by atoms with Gasteiger partial charge in [-0.1, -0.05) is 19.3 Å². The Morgan fingerprint density at radius 3 is 2.40 bits per heavy atom. The molecule has 2 aliphatic rings. The van der Waals surface area contributed by atoms with Gasteiger partial charge in [-0.2, -0.15) is 10.2 Å². The molecule has 0 atom stereocenters. The molecule has 1 saturated carbocycles. The summed E-state index contributed by atoms with van der Waals surface area (Å²) in [7, 11) is 0. The van der Waals surface area contributed by atoms with Gasteiger partial charge in [-0.25, -0.2) is 0 Å². The normalized spacial score (nSPS) is 25.1. The second kappa shape index (κ2) is 5.43. The Bertz CT molecular complexity index is 260. The number of rotatable bonds is 2. The Hall–Kier alpha value is -0.660. The lowest BCUT2D eigenvalue weighted by Crippen LogP contribution is -2.08. The molecule has 2 aliphatic carbocycles. The fourth-order valence-corrected chi connectivity index (χ4v) is 2.52. The Morgan fingerprint density at radius 1 is 0.933 bits per heavy atom. The molecular formula is C13H22N2. The van der Waals surface area contributed by atoms with Gasteiger partial charge in [0.2, 0.25) is 0 Å². The highest BCUT2D eigenvalue weighted by atomic mass is 15.1. The van der Waals surface area contributed by atoms with Crippen LogP contribution in [0, 0.1) is 0 Å². The van der Waals surface area contributed by atoms with Crippen molar-refractivity contribution in [3.05, 3.63) is 11.3 Å². The Balaban J connectivity index is 1.91. The van der Waals surface area contributed by atoms with Crippen molar-refractivity contribution in [2.75, 3.05) is 0 Å². The molecule has 84 valence electrons. The summed E-state index contributed by atoms with van der Waals surface area (Å²) in [4.78, 5) is 0. The molecule has 1 fully saturated rings. The number of azo groups is 1. The molecule has 15 heavy (non-hydrogen) atoms. The van der Waals surface area contributed by atoms with Gasteiger partial charge in [0, 0.05) is 0 Å². The number of allylic oxidation sites excluding steroid dienone is 2. The van der Waals surface area contributed by atoms with Crippen molar-refractivity contribution in [2.24, 2.45) is 10.2 Å². The average Bonchev–Trinajstić information content (AvgIpc) is 2.29. The van der Waals surface area contributed by atoms with Crippen LogP contribution in [0.2, 0.25) is 0 Å². The van der Waals surface area contributed by atoms with E-state index in [1.165, 1.54) is 62.6 Å². The molecule has 0 N–H and O–H groups in total. The lowest BCUT2D eigenvalue weighted by Gasteiger charge is -2.17. The van der Waals surface area contributed by atoms with Crippen LogP contribution < -0.4 is 0 Å². The first-order valence-corrected chi connectivity index (χ1v) is 6.46. The van der Waals surface area contributed by atoms with Crippen LogP contribution in [0.3, 0.4) is 0 Å². The molecule has 0 saturated heterocycles. The van der Waals surface area contributed by atoms with E-state index in [-0.39, 0.29) is 0 Å². The molecular weight excluding hydrogens is 184 g/mol. The van der Waals surface area contributed by atoms with E-state index in [2.05, 4.69) is 17.2 Å². The third kappa shape index (κ3) is 3.15. The van der Waals surface area contributed by atoms with Crippen LogP contribution in [0.25, 0.3) is 0 Å². The standard InChI is InChI=1S/C13H22N2/c1-11-7-5-6-10-13(11)15-14-12-8-3-2-4-9-12/h12H,2-10H2,1H3. The van der Waals surface area contributed by atoms with Gasteiger partial charge in [0.05, 0.1) is 11.7 Å². The third-order valence-corrected chi connectivity index (χ3v) is 3.62. The molecule has 2 heteroatoms. The van der Waals surface area contributed by atoms with Crippen molar-refractivity contribution in [1.82, 2.24) is 0 Å². The summed E-state index contributed by atoms with van der Waals surface area (Å²) < 4.78 is 0. The Morgan fingerprint density at radius 2 is 1.67 bits per heavy atom. The Kier molecular flexibility index (Phi) is 3.93. The van der Waals surface area contributed by atoms with E-state index in [9.17, 15) is 0 Å². The zero-order valence-electron chi connectivity index (χ0n) is 9.84. The molecule has 0 heterocycles. The van der Waals surface area contributed by atoms with Crippen molar-refractivity contribution >= 4 is 0 Å². The minimum Gasteiger partial charge on any atom is -0.186 e. The third-order valence-electron chi connectivity index (χ3n) is 3.62. The molecule has 0 aliphatic heterocycles. The molecule has 2 nitrogen and oxygen atoms in total. The smallest absolute Gasteiger partial charge is 0.0712 e. The van der Waals surface area contributed by atoms with Gasteiger partial charge in [0.25, 0.3) is 0 Å². The molecule has 0 aromatic heterocycles. The Labute approximate surface area is 92.9 Å². The van der Waals surface area contributed by atoms with Gasteiger partial charge < -0.3 is 0 Å². The van der Waals surface area contributed by atoms with Gasteiger partial charge >= 0.3 is 0 Å². The second-order valence-corrected chi connectivity index (χ2v) is 4.94. The lowest BCUT2D eigenvalue weighted by atomic mass is 9.96. The van der Waals surface area contributed by atoms with Crippen molar-refractivity contribution < 1.29 is 0 Å². The van der Waals surface area contributed by atoms with Gasteiger partial charge in [-0.3, -0.25) is 0 Å². The molecule has 0 amide bonds. The fraction of sp³-hybridized carbons (Fsp3) is 0.846. The second-order valence-electron chi connectivity index (χ2n) is 4.94. The quantitative estimate of drug-likeness (QED) is 0.589. The van der Waals surface area contributed by atoms with Crippen LogP contribution in [0.4, 0.5) is 0 Å². The summed E-state index contributed by atoms with van der Waals surface area (Å²) in [6.45, 7) is 2.22. The zero-order valence-corrected chi connectivity index (χ0v) is 9.84. The van der Waals surface area contributed by atoms with Crippen LogP contribution in [-0.4, -0.2) is 6.04 Å². The van der Waals surface area contributed by atoms with Crippen molar-refractivity contribution in [3.8, 4) is 0 Å². The van der Waals surface area contributed by atoms with Gasteiger partial charge in [0.1, 0.15) is 0 Å². The topological polar surface area (TPSA) is 24.7 Å².